The smallest absolute Gasteiger partial charge is 0.260 e. The van der Waals surface area contributed by atoms with Crippen molar-refractivity contribution in [2.24, 2.45) is 0 Å². The van der Waals surface area contributed by atoms with E-state index in [0.29, 0.717) is 31.6 Å². The number of rotatable bonds is 3. The molecule has 1 saturated carbocycles. The second-order valence-corrected chi connectivity index (χ2v) is 9.13. The minimum absolute atomic E-state index is 0.0353. The summed E-state index contributed by atoms with van der Waals surface area (Å²) >= 11 is 0. The van der Waals surface area contributed by atoms with E-state index in [-0.39, 0.29) is 24.9 Å². The van der Waals surface area contributed by atoms with Crippen LogP contribution in [0.25, 0.3) is 10.8 Å². The maximum Gasteiger partial charge on any atom is 0.260 e. The van der Waals surface area contributed by atoms with Crippen LogP contribution in [0.3, 0.4) is 0 Å². The molecule has 4 nitrogen and oxygen atoms in total. The van der Waals surface area contributed by atoms with E-state index in [1.807, 2.05) is 35.2 Å². The van der Waals surface area contributed by atoms with E-state index in [1.165, 1.54) is 0 Å². The summed E-state index contributed by atoms with van der Waals surface area (Å²) < 4.78 is 27.8. The summed E-state index contributed by atoms with van der Waals surface area (Å²) in [7, 11) is 0. The number of aliphatic hydroxyl groups is 1. The molecule has 160 valence electrons. The highest BCUT2D eigenvalue weighted by atomic mass is 19.3. The fourth-order valence-corrected chi connectivity index (χ4v) is 5.54. The van der Waals surface area contributed by atoms with Gasteiger partial charge in [-0.2, -0.15) is 0 Å². The number of benzene rings is 2. The van der Waals surface area contributed by atoms with E-state index in [4.69, 9.17) is 0 Å². The number of nitrogens with zero attached hydrogens (tertiary/aromatic N) is 2. The number of carbonyl (C=O) groups is 1. The Morgan fingerprint density at radius 3 is 2.63 bits per heavy atom. The molecule has 2 aromatic carbocycles. The van der Waals surface area contributed by atoms with Crippen molar-refractivity contribution in [3.8, 4) is 0 Å². The molecule has 6 heteroatoms. The maximum atomic E-state index is 13.9. The van der Waals surface area contributed by atoms with Gasteiger partial charge in [0, 0.05) is 25.1 Å². The van der Waals surface area contributed by atoms with E-state index in [9.17, 15) is 18.7 Å². The summed E-state index contributed by atoms with van der Waals surface area (Å²) in [5.41, 5.74) is 2.60. The second kappa shape index (κ2) is 7.57. The Hall–Kier alpha value is -2.05. The lowest BCUT2D eigenvalue weighted by Gasteiger charge is -2.35. The lowest BCUT2D eigenvalue weighted by molar-refractivity contribution is -0.0660. The lowest BCUT2D eigenvalue weighted by atomic mass is 9.91. The quantitative estimate of drug-likeness (QED) is 0.813. The van der Waals surface area contributed by atoms with Crippen molar-refractivity contribution in [3.05, 3.63) is 47.0 Å². The lowest BCUT2D eigenvalue weighted by Crippen LogP contribution is -2.45. The van der Waals surface area contributed by atoms with E-state index in [2.05, 4.69) is 0 Å². The number of alkyl halides is 2. The molecule has 3 aliphatic rings. The molecule has 2 atom stereocenters. The SMILES string of the molecule is O=C1c2cc(CN3CCCC(F)(F)C3)c3ccccc3c2CN1C1CCCCC1O. The van der Waals surface area contributed by atoms with Crippen LogP contribution < -0.4 is 0 Å². The molecule has 2 heterocycles. The molecular weight excluding hydrogens is 386 g/mol. The third kappa shape index (κ3) is 3.50. The second-order valence-electron chi connectivity index (χ2n) is 9.13. The Morgan fingerprint density at radius 2 is 1.87 bits per heavy atom. The van der Waals surface area contributed by atoms with Crippen LogP contribution in [-0.4, -0.2) is 52.0 Å². The number of halogens is 2. The number of fused-ring (bicyclic) bond motifs is 3. The Kier molecular flexibility index (Phi) is 5.02. The first kappa shape index (κ1) is 19.9. The molecule has 30 heavy (non-hydrogen) atoms. The number of likely N-dealkylation sites (tertiary alicyclic amines) is 1. The summed E-state index contributed by atoms with van der Waals surface area (Å²) in [5, 5.41) is 12.5. The zero-order valence-corrected chi connectivity index (χ0v) is 17.1. The molecule has 1 saturated heterocycles. The summed E-state index contributed by atoms with van der Waals surface area (Å²) in [6, 6.07) is 9.75. The van der Waals surface area contributed by atoms with Crippen LogP contribution in [0.5, 0.6) is 0 Å². The summed E-state index contributed by atoms with van der Waals surface area (Å²) in [5.74, 6) is -2.68. The summed E-state index contributed by atoms with van der Waals surface area (Å²) in [4.78, 5) is 17.0. The van der Waals surface area contributed by atoms with Gasteiger partial charge in [-0.1, -0.05) is 37.1 Å². The minimum atomic E-state index is -2.64. The van der Waals surface area contributed by atoms with Crippen LogP contribution in [-0.2, 0) is 13.1 Å². The zero-order valence-electron chi connectivity index (χ0n) is 17.1. The molecular formula is C24H28F2N2O2. The van der Waals surface area contributed by atoms with E-state index < -0.39 is 12.0 Å². The Morgan fingerprint density at radius 1 is 1.10 bits per heavy atom. The van der Waals surface area contributed by atoms with Gasteiger partial charge in [0.2, 0.25) is 0 Å². The van der Waals surface area contributed by atoms with Gasteiger partial charge in [0.1, 0.15) is 0 Å². The highest BCUT2D eigenvalue weighted by molar-refractivity contribution is 6.05. The third-order valence-corrected chi connectivity index (χ3v) is 7.02. The van der Waals surface area contributed by atoms with Gasteiger partial charge in [-0.3, -0.25) is 9.69 Å². The van der Waals surface area contributed by atoms with E-state index in [0.717, 1.165) is 47.6 Å². The van der Waals surface area contributed by atoms with E-state index >= 15 is 0 Å². The van der Waals surface area contributed by atoms with Crippen molar-refractivity contribution >= 4 is 16.7 Å². The first-order chi connectivity index (χ1) is 14.4. The van der Waals surface area contributed by atoms with Gasteiger partial charge < -0.3 is 10.0 Å². The monoisotopic (exact) mass is 414 g/mol. The van der Waals surface area contributed by atoms with Crippen molar-refractivity contribution in [3.63, 3.8) is 0 Å². The number of carbonyl (C=O) groups excluding carboxylic acids is 1. The Bertz CT molecular complexity index is 977. The van der Waals surface area contributed by atoms with Crippen molar-refractivity contribution in [2.45, 2.75) is 69.7 Å². The number of piperidine rings is 1. The summed E-state index contributed by atoms with van der Waals surface area (Å²) in [6.07, 6.45) is 3.55. The molecule has 0 bridgehead atoms. The topological polar surface area (TPSA) is 43.8 Å². The molecule has 0 radical (unpaired) electrons. The number of amides is 1. The largest absolute Gasteiger partial charge is 0.391 e. The van der Waals surface area contributed by atoms with Gasteiger partial charge in [0.05, 0.1) is 18.7 Å². The highest BCUT2D eigenvalue weighted by Crippen LogP contribution is 2.37. The molecule has 2 fully saturated rings. The average molecular weight is 414 g/mol. The first-order valence-corrected chi connectivity index (χ1v) is 11.1. The molecule has 0 aromatic heterocycles. The number of hydrogen-bond donors (Lipinski definition) is 1. The standard InChI is InChI=1S/C24H28F2N2O2/c25-24(26)10-5-11-27(15-24)13-16-12-19-20(18-7-2-1-6-17(16)18)14-28(23(19)30)21-8-3-4-9-22(21)29/h1-2,6-7,12,21-22,29H,3-5,8-11,13-15H2. The molecule has 1 N–H and O–H groups in total. The number of hydrogen-bond acceptors (Lipinski definition) is 3. The van der Waals surface area contributed by atoms with Crippen LogP contribution in [0, 0.1) is 0 Å². The van der Waals surface area contributed by atoms with Crippen molar-refractivity contribution in [1.29, 1.82) is 0 Å². The first-order valence-electron chi connectivity index (χ1n) is 11.1. The molecule has 2 aliphatic heterocycles. The normalized spacial score (nSPS) is 26.9. The van der Waals surface area contributed by atoms with Crippen LogP contribution >= 0.6 is 0 Å². The van der Waals surface area contributed by atoms with Crippen LogP contribution in [0.15, 0.2) is 30.3 Å². The highest BCUT2D eigenvalue weighted by Gasteiger charge is 2.39. The van der Waals surface area contributed by atoms with Crippen molar-refractivity contribution in [2.75, 3.05) is 13.1 Å². The summed E-state index contributed by atoms with van der Waals surface area (Å²) in [6.45, 7) is 1.35. The van der Waals surface area contributed by atoms with Crippen molar-refractivity contribution in [1.82, 2.24) is 9.80 Å². The van der Waals surface area contributed by atoms with Gasteiger partial charge in [-0.25, -0.2) is 8.78 Å². The van der Waals surface area contributed by atoms with Gasteiger partial charge in [-0.05, 0) is 53.8 Å². The van der Waals surface area contributed by atoms with E-state index in [1.54, 1.807) is 4.90 Å². The fourth-order valence-electron chi connectivity index (χ4n) is 5.54. The predicted octanol–water partition coefficient (Wildman–Crippen LogP) is 4.33. The maximum absolute atomic E-state index is 13.9. The van der Waals surface area contributed by atoms with Crippen molar-refractivity contribution < 1.29 is 18.7 Å². The average Bonchev–Trinajstić information content (AvgIpc) is 3.04. The Labute approximate surface area is 175 Å². The van der Waals surface area contributed by atoms with Crippen LogP contribution in [0.4, 0.5) is 8.78 Å². The third-order valence-electron chi connectivity index (χ3n) is 7.02. The molecule has 0 spiro atoms. The molecule has 5 rings (SSSR count). The molecule has 2 aromatic rings. The number of aliphatic hydroxyl groups excluding tert-OH is 1. The molecule has 2 unspecified atom stereocenters. The van der Waals surface area contributed by atoms with Crippen LogP contribution in [0.1, 0.15) is 60.0 Å². The van der Waals surface area contributed by atoms with Crippen LogP contribution in [0.2, 0.25) is 0 Å². The minimum Gasteiger partial charge on any atom is -0.391 e. The predicted molar refractivity (Wildman–Crippen MR) is 112 cm³/mol. The van der Waals surface area contributed by atoms with Gasteiger partial charge >= 0.3 is 0 Å². The molecule has 1 amide bonds. The zero-order chi connectivity index (χ0) is 20.9. The van der Waals surface area contributed by atoms with Gasteiger partial charge in [0.15, 0.2) is 0 Å². The van der Waals surface area contributed by atoms with Gasteiger partial charge in [0.25, 0.3) is 11.8 Å². The molecule has 1 aliphatic carbocycles. The van der Waals surface area contributed by atoms with Gasteiger partial charge in [-0.15, -0.1) is 0 Å². The fraction of sp³-hybridized carbons (Fsp3) is 0.542. The Balaban J connectivity index is 1.50.